The number of unbranched alkanes of at least 4 members (excludes halogenated alkanes) is 1. The van der Waals surface area contributed by atoms with Crippen LogP contribution in [0.2, 0.25) is 0 Å². The summed E-state index contributed by atoms with van der Waals surface area (Å²) in [6.07, 6.45) is 3.74. The first-order valence-corrected chi connectivity index (χ1v) is 12.9. The number of aromatic nitrogens is 2. The Labute approximate surface area is 218 Å². The Kier molecular flexibility index (Phi) is 11.8. The van der Waals surface area contributed by atoms with Crippen LogP contribution in [0, 0.1) is 0 Å². The first kappa shape index (κ1) is 29.5. The van der Waals surface area contributed by atoms with Gasteiger partial charge in [-0.3, -0.25) is 19.2 Å². The minimum atomic E-state index is -0.734. The van der Waals surface area contributed by atoms with E-state index >= 15 is 0 Å². The molecule has 1 aromatic heterocycles. The summed E-state index contributed by atoms with van der Waals surface area (Å²) in [5.74, 6) is 0.142. The van der Waals surface area contributed by atoms with Crippen molar-refractivity contribution in [1.29, 1.82) is 0 Å². The molecule has 0 fully saturated rings. The highest BCUT2D eigenvalue weighted by atomic mass is 16.5. The van der Waals surface area contributed by atoms with Gasteiger partial charge in [-0.05, 0) is 56.7 Å². The highest BCUT2D eigenvalue weighted by molar-refractivity contribution is 5.97. The fourth-order valence-electron chi connectivity index (χ4n) is 3.94. The molecule has 3 amide bonds. The second kappa shape index (κ2) is 14.8. The van der Waals surface area contributed by atoms with Crippen molar-refractivity contribution in [2.75, 3.05) is 18.5 Å². The molecule has 0 aliphatic rings. The number of benzene rings is 1. The molecule has 2 aromatic rings. The van der Waals surface area contributed by atoms with E-state index in [4.69, 9.17) is 9.72 Å². The Bertz CT molecular complexity index is 1140. The molecule has 202 valence electrons. The molecule has 1 atom stereocenters. The number of carbonyl (C=O) groups is 3. The van der Waals surface area contributed by atoms with Crippen LogP contribution in [0.4, 0.5) is 5.69 Å². The van der Waals surface area contributed by atoms with Gasteiger partial charge in [0, 0.05) is 31.6 Å². The molecule has 0 bridgehead atoms. The van der Waals surface area contributed by atoms with Crippen LogP contribution in [0.5, 0.6) is 5.75 Å². The van der Waals surface area contributed by atoms with Crippen molar-refractivity contribution in [2.45, 2.75) is 79.2 Å². The smallest absolute Gasteiger partial charge is 0.254 e. The fraction of sp³-hybridized carbons (Fsp3) is 0.519. The van der Waals surface area contributed by atoms with E-state index in [0.29, 0.717) is 73.6 Å². The predicted octanol–water partition coefficient (Wildman–Crippen LogP) is 3.10. The number of hydrogen-bond donors (Lipinski definition) is 4. The van der Waals surface area contributed by atoms with Crippen LogP contribution in [0.25, 0.3) is 11.4 Å². The fourth-order valence-corrected chi connectivity index (χ4v) is 3.94. The van der Waals surface area contributed by atoms with Crippen LogP contribution >= 0.6 is 0 Å². The summed E-state index contributed by atoms with van der Waals surface area (Å²) in [6.45, 7) is 9.68. The number of amides is 3. The van der Waals surface area contributed by atoms with Gasteiger partial charge in [0.2, 0.25) is 17.7 Å². The lowest BCUT2D eigenvalue weighted by Crippen LogP contribution is -2.43. The van der Waals surface area contributed by atoms with Crippen molar-refractivity contribution in [3.63, 3.8) is 0 Å². The lowest BCUT2D eigenvalue weighted by atomic mass is 10.1. The minimum Gasteiger partial charge on any atom is -0.493 e. The average Bonchev–Trinajstić information content (AvgIpc) is 2.85. The van der Waals surface area contributed by atoms with E-state index in [1.165, 1.54) is 13.8 Å². The Morgan fingerprint density at radius 2 is 1.81 bits per heavy atom. The molecule has 10 heteroatoms. The van der Waals surface area contributed by atoms with Gasteiger partial charge in [-0.15, -0.1) is 0 Å². The molecule has 1 heterocycles. The third kappa shape index (κ3) is 9.04. The molecule has 0 spiro atoms. The molecule has 0 aliphatic heterocycles. The molecular weight excluding hydrogens is 474 g/mol. The summed E-state index contributed by atoms with van der Waals surface area (Å²) in [6, 6.07) is 4.43. The summed E-state index contributed by atoms with van der Waals surface area (Å²) in [4.78, 5) is 56.1. The Morgan fingerprint density at radius 1 is 1.05 bits per heavy atom. The van der Waals surface area contributed by atoms with Gasteiger partial charge in [0.15, 0.2) is 0 Å². The van der Waals surface area contributed by atoms with Gasteiger partial charge in [0.25, 0.3) is 5.56 Å². The first-order chi connectivity index (χ1) is 17.7. The number of aromatic amines is 1. The van der Waals surface area contributed by atoms with Gasteiger partial charge < -0.3 is 25.7 Å². The maximum Gasteiger partial charge on any atom is 0.254 e. The van der Waals surface area contributed by atoms with Crippen LogP contribution in [0.1, 0.15) is 71.6 Å². The van der Waals surface area contributed by atoms with Crippen LogP contribution in [-0.4, -0.2) is 46.9 Å². The number of anilines is 1. The molecule has 2 rings (SSSR count). The Hall–Kier alpha value is -3.69. The van der Waals surface area contributed by atoms with Gasteiger partial charge in [-0.2, -0.15) is 0 Å². The normalized spacial score (nSPS) is 11.5. The third-order valence-electron chi connectivity index (χ3n) is 5.74. The molecule has 0 saturated carbocycles. The first-order valence-electron chi connectivity index (χ1n) is 12.9. The van der Waals surface area contributed by atoms with Gasteiger partial charge in [-0.1, -0.05) is 20.8 Å². The topological polar surface area (TPSA) is 142 Å². The molecule has 0 saturated heterocycles. The lowest BCUT2D eigenvalue weighted by molar-refractivity contribution is -0.125. The average molecular weight is 514 g/mol. The largest absolute Gasteiger partial charge is 0.493 e. The molecule has 1 aromatic carbocycles. The van der Waals surface area contributed by atoms with Gasteiger partial charge >= 0.3 is 0 Å². The van der Waals surface area contributed by atoms with Crippen LogP contribution in [0.15, 0.2) is 23.0 Å². The molecular formula is C27H39N5O5. The van der Waals surface area contributed by atoms with Crippen LogP contribution in [0.3, 0.4) is 0 Å². The number of H-pyrrole nitrogens is 1. The monoisotopic (exact) mass is 513 g/mol. The maximum atomic E-state index is 13.1. The molecule has 4 N–H and O–H groups in total. The zero-order valence-corrected chi connectivity index (χ0v) is 22.5. The second-order valence-electron chi connectivity index (χ2n) is 8.83. The highest BCUT2D eigenvalue weighted by Gasteiger charge is 2.21. The molecule has 10 nitrogen and oxygen atoms in total. The van der Waals surface area contributed by atoms with E-state index in [-0.39, 0.29) is 23.3 Å². The lowest BCUT2D eigenvalue weighted by Gasteiger charge is -2.19. The van der Waals surface area contributed by atoms with Crippen molar-refractivity contribution in [1.82, 2.24) is 20.6 Å². The van der Waals surface area contributed by atoms with Crippen molar-refractivity contribution >= 4 is 23.4 Å². The number of carbonyl (C=O) groups excluding carboxylic acids is 3. The quantitative estimate of drug-likeness (QED) is 0.286. The minimum absolute atomic E-state index is 0.107. The maximum absolute atomic E-state index is 13.1. The second-order valence-corrected chi connectivity index (χ2v) is 8.83. The molecule has 0 aliphatic carbocycles. The SMILES string of the molecule is CCCOc1ccc(NC(=O)C(CCCCNC(C)=O)NC(C)=O)cc1-c1nc(CC)c(CC)c(=O)[nH]1. The standard InChI is InChI=1S/C27H39N5O5/c1-6-15-37-24-13-12-19(16-21(24)25-31-22(8-3)20(7-2)26(35)32-25)30-27(36)23(29-18(5)34)11-9-10-14-28-17(4)33/h12-13,16,23H,6-11,14-15H2,1-5H3,(H,28,33)(H,29,34)(H,30,36)(H,31,32,35). The number of ether oxygens (including phenoxy) is 1. The number of nitrogens with zero attached hydrogens (tertiary/aromatic N) is 1. The summed E-state index contributed by atoms with van der Waals surface area (Å²) >= 11 is 0. The van der Waals surface area contributed by atoms with E-state index in [0.717, 1.165) is 12.1 Å². The van der Waals surface area contributed by atoms with E-state index in [1.807, 2.05) is 20.8 Å². The third-order valence-corrected chi connectivity index (χ3v) is 5.74. The van der Waals surface area contributed by atoms with E-state index in [9.17, 15) is 19.2 Å². The number of hydrogen-bond acceptors (Lipinski definition) is 6. The summed E-state index contributed by atoms with van der Waals surface area (Å²) in [5, 5.41) is 8.28. The van der Waals surface area contributed by atoms with Crippen molar-refractivity contribution in [3.05, 3.63) is 39.8 Å². The van der Waals surface area contributed by atoms with Gasteiger partial charge in [0.05, 0.1) is 17.9 Å². The van der Waals surface area contributed by atoms with Crippen molar-refractivity contribution in [3.8, 4) is 17.1 Å². The number of rotatable bonds is 14. The van der Waals surface area contributed by atoms with Crippen molar-refractivity contribution < 1.29 is 19.1 Å². The van der Waals surface area contributed by atoms with Crippen LogP contribution < -0.4 is 26.2 Å². The number of aryl methyl sites for hydroxylation is 1. The van der Waals surface area contributed by atoms with E-state index < -0.39 is 6.04 Å². The predicted molar refractivity (Wildman–Crippen MR) is 144 cm³/mol. The summed E-state index contributed by atoms with van der Waals surface area (Å²) < 4.78 is 5.90. The van der Waals surface area contributed by atoms with E-state index in [2.05, 4.69) is 20.9 Å². The Morgan fingerprint density at radius 3 is 2.43 bits per heavy atom. The van der Waals surface area contributed by atoms with Gasteiger partial charge in [-0.25, -0.2) is 4.98 Å². The van der Waals surface area contributed by atoms with E-state index in [1.54, 1.807) is 18.2 Å². The summed E-state index contributed by atoms with van der Waals surface area (Å²) in [5.41, 5.74) is 2.24. The number of nitrogens with one attached hydrogen (secondary N) is 4. The molecule has 1 unspecified atom stereocenters. The highest BCUT2D eigenvalue weighted by Crippen LogP contribution is 2.31. The zero-order valence-electron chi connectivity index (χ0n) is 22.5. The molecule has 37 heavy (non-hydrogen) atoms. The molecule has 0 radical (unpaired) electrons. The zero-order chi connectivity index (χ0) is 27.4. The van der Waals surface area contributed by atoms with Crippen LogP contribution in [-0.2, 0) is 27.2 Å². The van der Waals surface area contributed by atoms with Gasteiger partial charge in [0.1, 0.15) is 17.6 Å². The summed E-state index contributed by atoms with van der Waals surface area (Å²) in [7, 11) is 0. The Balaban J connectivity index is 2.31. The van der Waals surface area contributed by atoms with Crippen molar-refractivity contribution in [2.24, 2.45) is 0 Å².